The van der Waals surface area contributed by atoms with Crippen LogP contribution in [0.1, 0.15) is 102 Å². The van der Waals surface area contributed by atoms with Crippen molar-refractivity contribution in [3.05, 3.63) is 57.3 Å². The first-order valence-corrected chi connectivity index (χ1v) is 13.8. The first kappa shape index (κ1) is 29.6. The van der Waals surface area contributed by atoms with Crippen molar-refractivity contribution in [2.45, 2.75) is 76.9 Å². The van der Waals surface area contributed by atoms with Crippen LogP contribution in [0.15, 0.2) is 35.7 Å². The standard InChI is InChI=1S/C29H40N2O4S/c1-4-5-6-7-8-9-10-11-12-13-16-23-21-26(36-22-23)29(35-3,19-20-32)31-28(34)25-18-15-14-17-24(25)27(33)30-2/h14-15,17-18,21-22,32H,4-12,19-20H2,1-3H3,(H,30,33)(H,31,34). The molecule has 0 fully saturated rings. The molecule has 0 saturated carbocycles. The average Bonchev–Trinajstić information content (AvgIpc) is 3.38. The van der Waals surface area contributed by atoms with Gasteiger partial charge in [0, 0.05) is 44.5 Å². The number of unbranched alkanes of at least 4 members (excludes halogenated alkanes) is 8. The molecule has 36 heavy (non-hydrogen) atoms. The predicted octanol–water partition coefficient (Wildman–Crippen LogP) is 5.60. The normalized spacial score (nSPS) is 12.3. The number of nitrogens with one attached hydrogen (secondary N) is 2. The second kappa shape index (κ2) is 16.2. The highest BCUT2D eigenvalue weighted by Crippen LogP contribution is 2.32. The summed E-state index contributed by atoms with van der Waals surface area (Å²) in [6, 6.07) is 8.49. The number of thiophene rings is 1. The van der Waals surface area contributed by atoms with Gasteiger partial charge in [-0.25, -0.2) is 0 Å². The summed E-state index contributed by atoms with van der Waals surface area (Å²) < 4.78 is 5.77. The molecule has 7 heteroatoms. The third-order valence-corrected chi connectivity index (χ3v) is 7.23. The predicted molar refractivity (Wildman–Crippen MR) is 146 cm³/mol. The Kier molecular flexibility index (Phi) is 13.3. The first-order chi connectivity index (χ1) is 17.5. The van der Waals surface area contributed by atoms with Crippen LogP contribution in [-0.4, -0.2) is 37.7 Å². The van der Waals surface area contributed by atoms with Crippen molar-refractivity contribution in [1.29, 1.82) is 0 Å². The summed E-state index contributed by atoms with van der Waals surface area (Å²) in [5.41, 5.74) is 0.126. The molecule has 0 aliphatic heterocycles. The molecule has 2 rings (SSSR count). The molecule has 2 aromatic rings. The van der Waals surface area contributed by atoms with Crippen molar-refractivity contribution < 1.29 is 19.4 Å². The fraction of sp³-hybridized carbons (Fsp3) is 0.517. The van der Waals surface area contributed by atoms with Gasteiger partial charge in [-0.15, -0.1) is 11.3 Å². The van der Waals surface area contributed by atoms with E-state index in [4.69, 9.17) is 4.74 Å². The van der Waals surface area contributed by atoms with Gasteiger partial charge >= 0.3 is 0 Å². The second-order valence-corrected chi connectivity index (χ2v) is 9.72. The highest BCUT2D eigenvalue weighted by atomic mass is 32.1. The van der Waals surface area contributed by atoms with Gasteiger partial charge in [-0.3, -0.25) is 9.59 Å². The quantitative estimate of drug-likeness (QED) is 0.165. The van der Waals surface area contributed by atoms with Gasteiger partial charge in [-0.05, 0) is 24.6 Å². The number of aliphatic hydroxyl groups excluding tert-OH is 1. The van der Waals surface area contributed by atoms with Crippen LogP contribution >= 0.6 is 11.3 Å². The molecule has 1 heterocycles. The van der Waals surface area contributed by atoms with Gasteiger partial charge in [0.1, 0.15) is 0 Å². The summed E-state index contributed by atoms with van der Waals surface area (Å²) in [5.74, 6) is 5.66. The molecule has 1 atom stereocenters. The summed E-state index contributed by atoms with van der Waals surface area (Å²) in [6.07, 6.45) is 11.2. The molecule has 3 N–H and O–H groups in total. The molecule has 0 aliphatic rings. The molecule has 1 aromatic heterocycles. The SMILES string of the molecule is CCCCCCCCCCC#Cc1csc(C(CCO)(NC(=O)c2ccccc2C(=O)NC)OC)c1. The Morgan fingerprint density at radius 2 is 1.67 bits per heavy atom. The largest absolute Gasteiger partial charge is 0.396 e. The van der Waals surface area contributed by atoms with E-state index in [2.05, 4.69) is 29.4 Å². The number of aliphatic hydroxyl groups is 1. The van der Waals surface area contributed by atoms with Crippen molar-refractivity contribution in [1.82, 2.24) is 10.6 Å². The lowest BCUT2D eigenvalue weighted by Crippen LogP contribution is -2.48. The maximum absolute atomic E-state index is 13.2. The highest BCUT2D eigenvalue weighted by molar-refractivity contribution is 7.10. The molecule has 1 unspecified atom stereocenters. The van der Waals surface area contributed by atoms with Crippen molar-refractivity contribution in [3.8, 4) is 11.8 Å². The highest BCUT2D eigenvalue weighted by Gasteiger charge is 2.36. The Morgan fingerprint density at radius 1 is 1.03 bits per heavy atom. The summed E-state index contributed by atoms with van der Waals surface area (Å²) in [7, 11) is 3.01. The van der Waals surface area contributed by atoms with E-state index in [1.54, 1.807) is 24.3 Å². The van der Waals surface area contributed by atoms with Crippen molar-refractivity contribution in [2.24, 2.45) is 0 Å². The number of ether oxygens (including phenoxy) is 1. The monoisotopic (exact) mass is 512 g/mol. The van der Waals surface area contributed by atoms with Gasteiger partial charge in [0.25, 0.3) is 11.8 Å². The fourth-order valence-corrected chi connectivity index (χ4v) is 5.05. The lowest BCUT2D eigenvalue weighted by Gasteiger charge is -2.32. The molecule has 0 aliphatic carbocycles. The van der Waals surface area contributed by atoms with Gasteiger partial charge in [0.2, 0.25) is 0 Å². The smallest absolute Gasteiger partial charge is 0.254 e. The van der Waals surface area contributed by atoms with E-state index in [0.717, 1.165) is 23.3 Å². The summed E-state index contributed by atoms with van der Waals surface area (Å²) in [5, 5.41) is 17.2. The van der Waals surface area contributed by atoms with E-state index < -0.39 is 11.6 Å². The van der Waals surface area contributed by atoms with Crippen molar-refractivity contribution >= 4 is 23.2 Å². The first-order valence-electron chi connectivity index (χ1n) is 12.9. The maximum Gasteiger partial charge on any atom is 0.254 e. The molecule has 0 spiro atoms. The Morgan fingerprint density at radius 3 is 2.28 bits per heavy atom. The molecule has 0 saturated heterocycles. The maximum atomic E-state index is 13.2. The van der Waals surface area contributed by atoms with E-state index in [9.17, 15) is 14.7 Å². The van der Waals surface area contributed by atoms with Crippen LogP contribution in [0.4, 0.5) is 0 Å². The minimum Gasteiger partial charge on any atom is -0.396 e. The Bertz CT molecular complexity index is 1020. The van der Waals surface area contributed by atoms with Crippen LogP contribution in [0.5, 0.6) is 0 Å². The number of hydrogen-bond donors (Lipinski definition) is 3. The molecular weight excluding hydrogens is 472 g/mol. The zero-order valence-electron chi connectivity index (χ0n) is 21.8. The van der Waals surface area contributed by atoms with Crippen LogP contribution in [-0.2, 0) is 10.5 Å². The number of methoxy groups -OCH3 is 1. The van der Waals surface area contributed by atoms with Crippen molar-refractivity contribution in [3.63, 3.8) is 0 Å². The third kappa shape index (κ3) is 8.77. The van der Waals surface area contributed by atoms with E-state index in [0.29, 0.717) is 0 Å². The van der Waals surface area contributed by atoms with Gasteiger partial charge in [0.05, 0.1) is 16.0 Å². The van der Waals surface area contributed by atoms with Gasteiger partial charge in [-0.1, -0.05) is 75.8 Å². The van der Waals surface area contributed by atoms with E-state index >= 15 is 0 Å². The number of carbonyl (C=O) groups is 2. The van der Waals surface area contributed by atoms with Crippen LogP contribution in [0, 0.1) is 11.8 Å². The van der Waals surface area contributed by atoms with E-state index in [-0.39, 0.29) is 30.1 Å². The molecule has 1 aromatic carbocycles. The number of amides is 2. The molecule has 196 valence electrons. The Balaban J connectivity index is 2.04. The second-order valence-electron chi connectivity index (χ2n) is 8.81. The minimum atomic E-state index is -1.23. The van der Waals surface area contributed by atoms with E-state index in [1.165, 1.54) is 70.4 Å². The Labute approximate surface area is 219 Å². The molecule has 0 radical (unpaired) electrons. The summed E-state index contributed by atoms with van der Waals surface area (Å²) in [6.45, 7) is 2.05. The van der Waals surface area contributed by atoms with Crippen LogP contribution in [0.25, 0.3) is 0 Å². The van der Waals surface area contributed by atoms with Gasteiger partial charge in [-0.2, -0.15) is 0 Å². The van der Waals surface area contributed by atoms with Crippen molar-refractivity contribution in [2.75, 3.05) is 20.8 Å². The lowest BCUT2D eigenvalue weighted by atomic mass is 10.0. The molecule has 0 bridgehead atoms. The summed E-state index contributed by atoms with van der Waals surface area (Å²) >= 11 is 1.42. The minimum absolute atomic E-state index is 0.156. The van der Waals surface area contributed by atoms with Crippen LogP contribution in [0.3, 0.4) is 0 Å². The molecule has 2 amide bonds. The number of carbonyl (C=O) groups excluding carboxylic acids is 2. The van der Waals surface area contributed by atoms with Crippen LogP contribution < -0.4 is 10.6 Å². The number of benzene rings is 1. The van der Waals surface area contributed by atoms with Gasteiger partial charge < -0.3 is 20.5 Å². The zero-order chi connectivity index (χ0) is 26.2. The zero-order valence-corrected chi connectivity index (χ0v) is 22.6. The fourth-order valence-electron chi connectivity index (χ4n) is 4.05. The lowest BCUT2D eigenvalue weighted by molar-refractivity contribution is -0.0516. The van der Waals surface area contributed by atoms with Crippen LogP contribution in [0.2, 0.25) is 0 Å². The summed E-state index contributed by atoms with van der Waals surface area (Å²) in [4.78, 5) is 26.2. The van der Waals surface area contributed by atoms with E-state index in [1.807, 2.05) is 11.4 Å². The molecular formula is C29H40N2O4S. The topological polar surface area (TPSA) is 87.7 Å². The number of hydrogen-bond acceptors (Lipinski definition) is 5. The molecule has 6 nitrogen and oxygen atoms in total. The average molecular weight is 513 g/mol. The third-order valence-electron chi connectivity index (χ3n) is 6.16. The Hall–Kier alpha value is -2.66. The van der Waals surface area contributed by atoms with Gasteiger partial charge in [0.15, 0.2) is 5.72 Å². The number of rotatable bonds is 15.